The van der Waals surface area contributed by atoms with E-state index in [0.29, 0.717) is 6.04 Å². The Morgan fingerprint density at radius 2 is 1.59 bits per heavy atom. The van der Waals surface area contributed by atoms with Crippen LogP contribution in [0.2, 0.25) is 0 Å². The highest BCUT2D eigenvalue weighted by Crippen LogP contribution is 2.37. The smallest absolute Gasteiger partial charge is 0.456 e. The summed E-state index contributed by atoms with van der Waals surface area (Å²) in [5.74, 6) is 0. The number of fused-ring (bicyclic) bond motifs is 3. The predicted octanol–water partition coefficient (Wildman–Crippen LogP) is 3.89. The lowest BCUT2D eigenvalue weighted by atomic mass is 9.76. The minimum absolute atomic E-state index is 0.389. The van der Waals surface area contributed by atoms with Crippen LogP contribution in [0.5, 0.6) is 0 Å². The molecular weight excluding hydrogens is 275 g/mol. The summed E-state index contributed by atoms with van der Waals surface area (Å²) in [5, 5.41) is 1.90. The molecule has 3 aromatic rings. The minimum atomic E-state index is -0.445. The molecule has 2 heterocycles. The van der Waals surface area contributed by atoms with Crippen molar-refractivity contribution in [1.29, 1.82) is 0 Å². The van der Waals surface area contributed by atoms with Gasteiger partial charge < -0.3 is 13.7 Å². The number of hydrogen-bond acceptors (Lipinski definition) is 3. The van der Waals surface area contributed by atoms with Gasteiger partial charge in [0.25, 0.3) is 0 Å². The summed E-state index contributed by atoms with van der Waals surface area (Å²) < 4.78 is 26.2. The van der Waals surface area contributed by atoms with Gasteiger partial charge >= 0.3 is 7.12 Å². The van der Waals surface area contributed by atoms with Gasteiger partial charge in [0.15, 0.2) is 0 Å². The number of para-hydroxylation sites is 1. The molecule has 1 aliphatic rings. The number of benzene rings is 2. The van der Waals surface area contributed by atoms with E-state index in [1.807, 2.05) is 58.0 Å². The van der Waals surface area contributed by atoms with Crippen LogP contribution >= 0.6 is 0 Å². The van der Waals surface area contributed by atoms with Gasteiger partial charge in [-0.2, -0.15) is 0 Å². The molecule has 4 rings (SSSR count). The van der Waals surface area contributed by atoms with Crippen LogP contribution in [0.4, 0.5) is 0 Å². The van der Waals surface area contributed by atoms with Gasteiger partial charge in [-0.15, -0.1) is 0 Å². The monoisotopic (exact) mass is 295 g/mol. The Morgan fingerprint density at radius 1 is 0.909 bits per heavy atom. The third-order valence-electron chi connectivity index (χ3n) is 4.88. The Morgan fingerprint density at radius 3 is 2.32 bits per heavy atom. The van der Waals surface area contributed by atoms with Crippen LogP contribution in [-0.2, 0) is 9.31 Å². The average molecular weight is 295 g/mol. The molecule has 4 heteroatoms. The topological polar surface area (TPSA) is 31.6 Å². The van der Waals surface area contributed by atoms with Crippen molar-refractivity contribution < 1.29 is 15.1 Å². The van der Waals surface area contributed by atoms with E-state index < -0.39 is 7.12 Å². The van der Waals surface area contributed by atoms with E-state index in [9.17, 15) is 0 Å². The highest BCUT2D eigenvalue weighted by atomic mass is 16.7. The fraction of sp³-hybridized carbons (Fsp3) is 0.333. The van der Waals surface area contributed by atoms with Gasteiger partial charge in [-0.1, -0.05) is 30.3 Å². The zero-order valence-electron chi connectivity index (χ0n) is 14.3. The van der Waals surface area contributed by atoms with Crippen molar-refractivity contribution in [3.05, 3.63) is 42.4 Å². The molecule has 22 heavy (non-hydrogen) atoms. The zero-order valence-corrected chi connectivity index (χ0v) is 13.3. The molecule has 0 unspecified atom stereocenters. The molecule has 2 aromatic carbocycles. The van der Waals surface area contributed by atoms with E-state index in [-0.39, 0.29) is 11.2 Å². The van der Waals surface area contributed by atoms with Crippen LogP contribution in [0, 0.1) is 0 Å². The van der Waals surface area contributed by atoms with Crippen LogP contribution in [-0.4, -0.2) is 18.3 Å². The summed E-state index contributed by atoms with van der Waals surface area (Å²) in [4.78, 5) is 0. The van der Waals surface area contributed by atoms with Crippen LogP contribution in [0.3, 0.4) is 0 Å². The Hall–Kier alpha value is -1.78. The third kappa shape index (κ3) is 1.84. The average Bonchev–Trinajstić information content (AvgIpc) is 2.93. The number of hydrogen-bond donors (Lipinski definition) is 0. The second-order valence-electron chi connectivity index (χ2n) is 6.83. The fourth-order valence-corrected chi connectivity index (χ4v) is 2.91. The summed E-state index contributed by atoms with van der Waals surface area (Å²) in [6.45, 7) is 8.18. The first-order valence-electron chi connectivity index (χ1n) is 8.06. The van der Waals surface area contributed by atoms with Crippen LogP contribution < -0.4 is 5.46 Å². The molecule has 3 nitrogen and oxygen atoms in total. The largest absolute Gasteiger partial charge is 0.495 e. The van der Waals surface area contributed by atoms with Gasteiger partial charge in [-0.3, -0.25) is 0 Å². The molecule has 0 saturated carbocycles. The molecule has 1 saturated heterocycles. The molecule has 112 valence electrons. The van der Waals surface area contributed by atoms with E-state index in [2.05, 4.69) is 0 Å². The van der Waals surface area contributed by atoms with E-state index >= 15 is 0 Å². The first kappa shape index (κ1) is 12.7. The van der Waals surface area contributed by atoms with Crippen molar-refractivity contribution in [2.45, 2.75) is 38.9 Å². The molecule has 1 aliphatic heterocycles. The van der Waals surface area contributed by atoms with Crippen molar-refractivity contribution in [2.75, 3.05) is 0 Å². The highest BCUT2D eigenvalue weighted by Gasteiger charge is 2.52. The molecule has 0 aliphatic carbocycles. The summed E-state index contributed by atoms with van der Waals surface area (Å²) in [6, 6.07) is 11.8. The lowest BCUT2D eigenvalue weighted by molar-refractivity contribution is 0.00578. The quantitative estimate of drug-likeness (QED) is 0.638. The molecule has 1 fully saturated rings. The van der Waals surface area contributed by atoms with Crippen molar-refractivity contribution in [3.8, 4) is 0 Å². The predicted molar refractivity (Wildman–Crippen MR) is 89.4 cm³/mol. The van der Waals surface area contributed by atoms with Crippen molar-refractivity contribution in [3.63, 3.8) is 0 Å². The lowest BCUT2D eigenvalue weighted by Crippen LogP contribution is -2.41. The van der Waals surface area contributed by atoms with E-state index in [1.54, 1.807) is 6.07 Å². The van der Waals surface area contributed by atoms with Crippen LogP contribution in [0.1, 0.15) is 29.1 Å². The van der Waals surface area contributed by atoms with Crippen molar-refractivity contribution in [1.82, 2.24) is 0 Å². The fourth-order valence-electron chi connectivity index (χ4n) is 2.91. The van der Waals surface area contributed by atoms with Gasteiger partial charge in [-0.05, 0) is 45.3 Å². The van der Waals surface area contributed by atoms with Crippen molar-refractivity contribution in [2.24, 2.45) is 0 Å². The molecule has 0 N–H and O–H groups in total. The molecular formula is C18H19BO3. The van der Waals surface area contributed by atoms with Gasteiger partial charge in [0.2, 0.25) is 0 Å². The summed E-state index contributed by atoms with van der Waals surface area (Å²) in [5.41, 5.74) is 1.74. The van der Waals surface area contributed by atoms with E-state index in [4.69, 9.17) is 15.1 Å². The normalized spacial score (nSPS) is 20.7. The Kier molecular flexibility index (Phi) is 2.53. The molecule has 0 spiro atoms. The zero-order chi connectivity index (χ0) is 16.4. The Labute approximate surface area is 131 Å². The Balaban J connectivity index is 1.94. The minimum Gasteiger partial charge on any atom is -0.456 e. The molecule has 1 aromatic heterocycles. The van der Waals surface area contributed by atoms with Gasteiger partial charge in [0.05, 0.1) is 12.6 Å². The first-order chi connectivity index (χ1) is 10.8. The Bertz CT molecular complexity index is 897. The van der Waals surface area contributed by atoms with Crippen LogP contribution in [0.15, 0.2) is 46.9 Å². The standard InChI is InChI=1S/C18H19BO3/c1-17(2)18(3,4)22-19(21-17)13-9-7-11-15-16(13)12-8-5-6-10-14(12)20-15/h5-11H,1-4H3/i5D. The molecule has 0 radical (unpaired) electrons. The summed E-state index contributed by atoms with van der Waals surface area (Å²) in [7, 11) is -0.445. The lowest BCUT2D eigenvalue weighted by Gasteiger charge is -2.32. The third-order valence-corrected chi connectivity index (χ3v) is 4.88. The van der Waals surface area contributed by atoms with Gasteiger partial charge in [-0.25, -0.2) is 0 Å². The molecule has 0 bridgehead atoms. The van der Waals surface area contributed by atoms with Crippen molar-refractivity contribution >= 4 is 34.5 Å². The second kappa shape index (κ2) is 4.37. The van der Waals surface area contributed by atoms with Gasteiger partial charge in [0, 0.05) is 10.8 Å². The summed E-state index contributed by atoms with van der Waals surface area (Å²) in [6.07, 6.45) is 0. The van der Waals surface area contributed by atoms with E-state index in [0.717, 1.165) is 27.4 Å². The number of rotatable bonds is 1. The van der Waals surface area contributed by atoms with Gasteiger partial charge in [0.1, 0.15) is 11.2 Å². The maximum Gasteiger partial charge on any atom is 0.495 e. The SMILES string of the molecule is [2H]c1ccc2oc3cccc(B4OC(C)(C)C(C)(C)O4)c3c2c1. The summed E-state index contributed by atoms with van der Waals surface area (Å²) >= 11 is 0. The molecule has 0 amide bonds. The van der Waals surface area contributed by atoms with Crippen LogP contribution in [0.25, 0.3) is 21.9 Å². The highest BCUT2D eigenvalue weighted by molar-refractivity contribution is 6.66. The molecule has 0 atom stereocenters. The second-order valence-corrected chi connectivity index (χ2v) is 6.83. The maximum absolute atomic E-state index is 7.89. The van der Waals surface area contributed by atoms with E-state index in [1.165, 1.54) is 0 Å². The maximum atomic E-state index is 7.89. The first-order valence-corrected chi connectivity index (χ1v) is 7.56. The number of furan rings is 1.